The number of rotatable bonds is 3. The van der Waals surface area contributed by atoms with E-state index in [4.69, 9.17) is 19.5 Å². The normalized spacial score (nSPS) is 18.4. The van der Waals surface area contributed by atoms with E-state index >= 15 is 0 Å². The Morgan fingerprint density at radius 2 is 1.00 bits per heavy atom. The van der Waals surface area contributed by atoms with Crippen molar-refractivity contribution in [3.63, 3.8) is 0 Å². The third-order valence-corrected chi connectivity index (χ3v) is 6.56. The zero-order valence-electron chi connectivity index (χ0n) is 38.8. The molecule has 8 rings (SSSR count). The number of benzene rings is 7. The first-order valence-electron chi connectivity index (χ1n) is 21.3. The minimum absolute atomic E-state index is 0.0671. The Bertz CT molecular complexity index is 3100. The fourth-order valence-corrected chi connectivity index (χ4v) is 4.88. The van der Waals surface area contributed by atoms with E-state index in [2.05, 4.69) is 0 Å². The highest BCUT2D eigenvalue weighted by Gasteiger charge is 2.19. The van der Waals surface area contributed by atoms with Gasteiger partial charge in [-0.2, -0.15) is 0 Å². The van der Waals surface area contributed by atoms with Crippen LogP contribution in [-0.2, 0) is 0 Å². The molecule has 0 fully saturated rings. The standard InChI is InChI=1S/C38H24O/c1-2-12-28-25(10-1)11-9-18-29(28)26-20-22-27(23-21-26)37-31-14-3-5-16-33(31)38(34-17-6-4-15-32(34)37)35-24-39-36-19-8-7-13-30(35)36/h1-24H/i1D,2D,3D,4D,5D,6D,9D,10D,11D,12D,14D,15D,16D,17D,18D,20D,21D,22D,23D. The highest BCUT2D eigenvalue weighted by molar-refractivity contribution is 6.23. The maximum absolute atomic E-state index is 9.41. The topological polar surface area (TPSA) is 13.1 Å². The van der Waals surface area contributed by atoms with Gasteiger partial charge < -0.3 is 4.42 Å². The van der Waals surface area contributed by atoms with E-state index in [0.717, 1.165) is 0 Å². The van der Waals surface area contributed by atoms with E-state index in [0.29, 0.717) is 11.0 Å². The second-order valence-corrected chi connectivity index (χ2v) is 8.65. The van der Waals surface area contributed by atoms with Crippen LogP contribution in [0, 0.1) is 0 Å². The molecule has 8 aromatic rings. The third kappa shape index (κ3) is 3.41. The molecule has 0 aliphatic carbocycles. The maximum atomic E-state index is 9.41. The zero-order chi connectivity index (χ0) is 42.3. The van der Waals surface area contributed by atoms with Gasteiger partial charge in [0.25, 0.3) is 0 Å². The van der Waals surface area contributed by atoms with Crippen molar-refractivity contribution in [2.24, 2.45) is 0 Å². The molecule has 0 saturated carbocycles. The quantitative estimate of drug-likeness (QED) is 0.213. The molecule has 0 spiro atoms. The van der Waals surface area contributed by atoms with E-state index in [1.54, 1.807) is 24.3 Å². The SMILES string of the molecule is [2H]c1c([2H])c(-c2c3c([2H])c([2H])c([2H])c([2H])c3c(-c3coc4ccccc34)c3c([2H])c([2H])c([2H])c([2H])c23)c([2H])c([2H])c1-c1c([2H])c([2H])c([2H])c2c([2H])c([2H])c([2H])c([2H])c12. The summed E-state index contributed by atoms with van der Waals surface area (Å²) in [5.41, 5.74) is -1.91. The molecule has 0 saturated heterocycles. The molecule has 0 N–H and O–H groups in total. The van der Waals surface area contributed by atoms with Gasteiger partial charge in [-0.25, -0.2) is 0 Å². The molecule has 0 unspecified atom stereocenters. The molecule has 7 aromatic carbocycles. The average Bonchev–Trinajstić information content (AvgIpc) is 3.64. The summed E-state index contributed by atoms with van der Waals surface area (Å²) in [7, 11) is 0. The third-order valence-electron chi connectivity index (χ3n) is 6.56. The van der Waals surface area contributed by atoms with Crippen LogP contribution in [0.1, 0.15) is 26.0 Å². The molecule has 1 nitrogen and oxygen atoms in total. The Hall–Kier alpha value is -5.14. The minimum Gasteiger partial charge on any atom is -0.464 e. The predicted molar refractivity (Wildman–Crippen MR) is 165 cm³/mol. The number of furan rings is 1. The van der Waals surface area contributed by atoms with Crippen LogP contribution >= 0.6 is 0 Å². The smallest absolute Gasteiger partial charge is 0.134 e. The van der Waals surface area contributed by atoms with Gasteiger partial charge in [-0.1, -0.05) is 133 Å². The van der Waals surface area contributed by atoms with Gasteiger partial charge in [0, 0.05) is 16.5 Å². The summed E-state index contributed by atoms with van der Waals surface area (Å²) in [4.78, 5) is 0. The van der Waals surface area contributed by atoms with Crippen LogP contribution in [0.3, 0.4) is 0 Å². The summed E-state index contributed by atoms with van der Waals surface area (Å²) >= 11 is 0. The summed E-state index contributed by atoms with van der Waals surface area (Å²) in [6, 6.07) is -8.10. The highest BCUT2D eigenvalue weighted by Crippen LogP contribution is 2.45. The Morgan fingerprint density at radius 3 is 1.72 bits per heavy atom. The van der Waals surface area contributed by atoms with Crippen LogP contribution in [0.15, 0.2) is 150 Å². The lowest BCUT2D eigenvalue weighted by atomic mass is 9.85. The van der Waals surface area contributed by atoms with Crippen LogP contribution < -0.4 is 0 Å². The van der Waals surface area contributed by atoms with Gasteiger partial charge in [0.1, 0.15) is 5.58 Å². The summed E-state index contributed by atoms with van der Waals surface area (Å²) < 4.78 is 174. The number of hydrogen-bond acceptors (Lipinski definition) is 1. The van der Waals surface area contributed by atoms with Crippen molar-refractivity contribution >= 4 is 43.3 Å². The second-order valence-electron chi connectivity index (χ2n) is 8.65. The predicted octanol–water partition coefficient (Wildman–Crippen LogP) is 10.9. The van der Waals surface area contributed by atoms with Crippen molar-refractivity contribution < 1.29 is 30.5 Å². The number of fused-ring (bicyclic) bond motifs is 4. The largest absolute Gasteiger partial charge is 0.464 e. The fraction of sp³-hybridized carbons (Fsp3) is 0. The average molecular weight is 516 g/mol. The highest BCUT2D eigenvalue weighted by atomic mass is 16.3. The first kappa shape index (κ1) is 10.2. The summed E-state index contributed by atoms with van der Waals surface area (Å²) in [5.74, 6) is 0. The zero-order valence-corrected chi connectivity index (χ0v) is 19.8. The van der Waals surface area contributed by atoms with Crippen molar-refractivity contribution in [3.05, 3.63) is 145 Å². The maximum Gasteiger partial charge on any atom is 0.134 e. The molecule has 0 aliphatic rings. The molecule has 0 bridgehead atoms. The molecule has 1 aromatic heterocycles. The molecule has 0 amide bonds. The van der Waals surface area contributed by atoms with Gasteiger partial charge >= 0.3 is 0 Å². The van der Waals surface area contributed by atoms with Crippen LogP contribution in [-0.4, -0.2) is 0 Å². The molecule has 0 atom stereocenters. The number of para-hydroxylation sites is 1. The van der Waals surface area contributed by atoms with Crippen LogP contribution in [0.2, 0.25) is 0 Å². The van der Waals surface area contributed by atoms with Crippen molar-refractivity contribution in [2.45, 2.75) is 0 Å². The van der Waals surface area contributed by atoms with Crippen molar-refractivity contribution in [2.75, 3.05) is 0 Å². The number of hydrogen-bond donors (Lipinski definition) is 0. The van der Waals surface area contributed by atoms with Gasteiger partial charge in [-0.15, -0.1) is 0 Å². The first-order chi connectivity index (χ1) is 27.3. The monoisotopic (exact) mass is 515 g/mol. The summed E-state index contributed by atoms with van der Waals surface area (Å²) in [6.45, 7) is 0. The molecule has 1 heterocycles. The first-order valence-corrected chi connectivity index (χ1v) is 11.8. The molecule has 0 radical (unpaired) electrons. The molecule has 182 valence electrons. The van der Waals surface area contributed by atoms with Crippen LogP contribution in [0.5, 0.6) is 0 Å². The van der Waals surface area contributed by atoms with Crippen LogP contribution in [0.4, 0.5) is 0 Å². The van der Waals surface area contributed by atoms with Crippen molar-refractivity contribution in [1.29, 1.82) is 0 Å². The lowest BCUT2D eigenvalue weighted by Crippen LogP contribution is -1.90. The molecular weight excluding hydrogens is 472 g/mol. The van der Waals surface area contributed by atoms with E-state index in [1.807, 2.05) is 0 Å². The second kappa shape index (κ2) is 8.72. The van der Waals surface area contributed by atoms with E-state index < -0.39 is 159 Å². The van der Waals surface area contributed by atoms with Gasteiger partial charge in [0.2, 0.25) is 0 Å². The molecule has 1 heteroatoms. The lowest BCUT2D eigenvalue weighted by Gasteiger charge is -2.17. The van der Waals surface area contributed by atoms with Crippen molar-refractivity contribution in [1.82, 2.24) is 0 Å². The van der Waals surface area contributed by atoms with Crippen LogP contribution in [0.25, 0.3) is 76.7 Å². The fourth-order valence-electron chi connectivity index (χ4n) is 4.88. The summed E-state index contributed by atoms with van der Waals surface area (Å²) in [6.07, 6.45) is 1.28. The Kier molecular flexibility index (Phi) is 2.28. The Balaban J connectivity index is 1.65. The van der Waals surface area contributed by atoms with Gasteiger partial charge in [-0.05, 0) is 60.6 Å². The van der Waals surface area contributed by atoms with E-state index in [-0.39, 0.29) is 21.9 Å². The van der Waals surface area contributed by atoms with E-state index in [9.17, 15) is 11.0 Å². The molecular formula is C38H24O. The molecule has 39 heavy (non-hydrogen) atoms. The Labute approximate surface area is 253 Å². The summed E-state index contributed by atoms with van der Waals surface area (Å²) in [5, 5.41) is -1.90. The van der Waals surface area contributed by atoms with Crippen molar-refractivity contribution in [3.8, 4) is 33.4 Å². The van der Waals surface area contributed by atoms with E-state index in [1.165, 1.54) is 6.26 Å². The molecule has 0 aliphatic heterocycles. The van der Waals surface area contributed by atoms with Gasteiger partial charge in [-0.3, -0.25) is 0 Å². The van der Waals surface area contributed by atoms with Gasteiger partial charge in [0.05, 0.1) is 32.3 Å². The van der Waals surface area contributed by atoms with Gasteiger partial charge in [0.15, 0.2) is 0 Å². The Morgan fingerprint density at radius 1 is 0.436 bits per heavy atom. The minimum atomic E-state index is -0.914. The lowest BCUT2D eigenvalue weighted by molar-refractivity contribution is 0.617.